The van der Waals surface area contributed by atoms with Crippen LogP contribution in [-0.4, -0.2) is 27.3 Å². The van der Waals surface area contributed by atoms with E-state index in [1.807, 2.05) is 11.7 Å². The summed E-state index contributed by atoms with van der Waals surface area (Å²) in [6, 6.07) is 7.20. The van der Waals surface area contributed by atoms with Crippen LogP contribution in [0, 0.1) is 0 Å². The molecule has 0 spiro atoms. The molecule has 1 aliphatic rings. The molecule has 1 heterocycles. The molecular weight excluding hydrogens is 338 g/mol. The number of rotatable bonds is 5. The van der Waals surface area contributed by atoms with E-state index in [9.17, 15) is 0 Å². The fourth-order valence-electron chi connectivity index (χ4n) is 1.98. The predicted octanol–water partition coefficient (Wildman–Crippen LogP) is 3.20. The van der Waals surface area contributed by atoms with Gasteiger partial charge in [-0.1, -0.05) is 22.0 Å². The van der Waals surface area contributed by atoms with Crippen molar-refractivity contribution in [1.29, 1.82) is 0 Å². The Labute approximate surface area is 130 Å². The van der Waals surface area contributed by atoms with Crippen LogP contribution >= 0.6 is 27.7 Å². The van der Waals surface area contributed by atoms with Crippen molar-refractivity contribution in [3.8, 4) is 0 Å². The summed E-state index contributed by atoms with van der Waals surface area (Å²) in [5.41, 5.74) is 1.25. The second kappa shape index (κ2) is 5.83. The van der Waals surface area contributed by atoms with Crippen LogP contribution in [0.4, 0.5) is 0 Å². The van der Waals surface area contributed by atoms with Gasteiger partial charge < -0.3 is 5.32 Å². The summed E-state index contributed by atoms with van der Waals surface area (Å²) in [6.45, 7) is 2.14. The molecule has 0 saturated heterocycles. The van der Waals surface area contributed by atoms with Crippen LogP contribution in [-0.2, 0) is 0 Å². The summed E-state index contributed by atoms with van der Waals surface area (Å²) < 4.78 is 3.04. The summed E-state index contributed by atoms with van der Waals surface area (Å²) >= 11 is 5.25. The number of hydrogen-bond acceptors (Lipinski definition) is 5. The molecule has 1 atom stereocenters. The Kier molecular flexibility index (Phi) is 4.09. The summed E-state index contributed by atoms with van der Waals surface area (Å²) in [6.07, 6.45) is 2.36. The second-order valence-electron chi connectivity index (χ2n) is 4.93. The van der Waals surface area contributed by atoms with Crippen molar-refractivity contribution >= 4 is 27.7 Å². The minimum absolute atomic E-state index is 0.320. The van der Waals surface area contributed by atoms with Gasteiger partial charge in [-0.05, 0) is 66.7 Å². The molecule has 106 valence electrons. The molecule has 1 aliphatic carbocycles. The third-order valence-electron chi connectivity index (χ3n) is 3.44. The topological polar surface area (TPSA) is 55.6 Å². The van der Waals surface area contributed by atoms with E-state index in [0.717, 1.165) is 14.5 Å². The van der Waals surface area contributed by atoms with Crippen molar-refractivity contribution in [1.82, 2.24) is 25.5 Å². The highest BCUT2D eigenvalue weighted by molar-refractivity contribution is 9.10. The molecule has 2 aromatic rings. The van der Waals surface area contributed by atoms with Gasteiger partial charge in [-0.15, -0.1) is 5.10 Å². The van der Waals surface area contributed by atoms with E-state index in [-0.39, 0.29) is 0 Å². The minimum atomic E-state index is 0.320. The smallest absolute Gasteiger partial charge is 0.214 e. The van der Waals surface area contributed by atoms with Gasteiger partial charge in [0.25, 0.3) is 0 Å². The SMILES string of the molecule is CNC(C)c1ccc(Sc2nnnn2C2CC2)cc1Br. The first-order chi connectivity index (χ1) is 9.69. The number of aromatic nitrogens is 4. The maximum atomic E-state index is 4.11. The quantitative estimate of drug-likeness (QED) is 0.894. The van der Waals surface area contributed by atoms with Gasteiger partial charge in [0, 0.05) is 15.4 Å². The van der Waals surface area contributed by atoms with Crippen LogP contribution in [0.1, 0.15) is 37.4 Å². The van der Waals surface area contributed by atoms with Crippen molar-refractivity contribution < 1.29 is 0 Å². The first kappa shape index (κ1) is 14.0. The van der Waals surface area contributed by atoms with Gasteiger partial charge >= 0.3 is 0 Å². The molecule has 1 aromatic heterocycles. The zero-order chi connectivity index (χ0) is 14.1. The van der Waals surface area contributed by atoms with Gasteiger partial charge in [-0.3, -0.25) is 0 Å². The van der Waals surface area contributed by atoms with E-state index < -0.39 is 0 Å². The highest BCUT2D eigenvalue weighted by Gasteiger charge is 2.28. The zero-order valence-electron chi connectivity index (χ0n) is 11.4. The summed E-state index contributed by atoms with van der Waals surface area (Å²) in [4.78, 5) is 1.14. The first-order valence-electron chi connectivity index (χ1n) is 6.61. The molecule has 20 heavy (non-hydrogen) atoms. The Hall–Kier alpha value is -0.920. The normalized spacial score (nSPS) is 16.4. The van der Waals surface area contributed by atoms with Crippen LogP contribution in [0.3, 0.4) is 0 Å². The third kappa shape index (κ3) is 2.89. The lowest BCUT2D eigenvalue weighted by atomic mass is 10.1. The lowest BCUT2D eigenvalue weighted by molar-refractivity contribution is 0.565. The van der Waals surface area contributed by atoms with Crippen LogP contribution in [0.25, 0.3) is 0 Å². The fraction of sp³-hybridized carbons (Fsp3) is 0.462. The van der Waals surface area contributed by atoms with Crippen LogP contribution in [0.15, 0.2) is 32.7 Å². The molecule has 1 N–H and O–H groups in total. The van der Waals surface area contributed by atoms with Crippen LogP contribution in [0.2, 0.25) is 0 Å². The highest BCUT2D eigenvalue weighted by Crippen LogP contribution is 2.38. The van der Waals surface area contributed by atoms with Crippen molar-refractivity contribution in [3.05, 3.63) is 28.2 Å². The van der Waals surface area contributed by atoms with Gasteiger partial charge in [0.15, 0.2) is 0 Å². The van der Waals surface area contributed by atoms with Gasteiger partial charge in [-0.25, -0.2) is 4.68 Å². The van der Waals surface area contributed by atoms with Crippen molar-refractivity contribution in [2.75, 3.05) is 7.05 Å². The maximum absolute atomic E-state index is 4.11. The standard InChI is InChI=1S/C13H16BrN5S/c1-8(15-2)11-6-5-10(7-12(11)14)20-13-16-17-18-19(13)9-3-4-9/h5-9,15H,3-4H2,1-2H3. The van der Waals surface area contributed by atoms with E-state index in [2.05, 4.69) is 61.9 Å². The van der Waals surface area contributed by atoms with Crippen molar-refractivity contribution in [2.24, 2.45) is 0 Å². The van der Waals surface area contributed by atoms with E-state index in [1.165, 1.54) is 18.4 Å². The van der Waals surface area contributed by atoms with Crippen molar-refractivity contribution in [3.63, 3.8) is 0 Å². The summed E-state index contributed by atoms with van der Waals surface area (Å²) in [7, 11) is 1.96. The Bertz CT molecular complexity index is 611. The van der Waals surface area contributed by atoms with Crippen LogP contribution in [0.5, 0.6) is 0 Å². The molecule has 1 aromatic carbocycles. The number of hydrogen-bond donors (Lipinski definition) is 1. The molecule has 0 radical (unpaired) electrons. The van der Waals surface area contributed by atoms with Gasteiger partial charge in [0.1, 0.15) is 0 Å². The molecule has 7 heteroatoms. The number of nitrogens with zero attached hydrogens (tertiary/aromatic N) is 4. The molecule has 1 unspecified atom stereocenters. The predicted molar refractivity (Wildman–Crippen MR) is 81.8 cm³/mol. The molecule has 5 nitrogen and oxygen atoms in total. The van der Waals surface area contributed by atoms with Gasteiger partial charge in [-0.2, -0.15) is 0 Å². The average molecular weight is 354 g/mol. The molecule has 0 amide bonds. The van der Waals surface area contributed by atoms with E-state index in [1.54, 1.807) is 11.8 Å². The first-order valence-corrected chi connectivity index (χ1v) is 8.22. The third-order valence-corrected chi connectivity index (χ3v) is 5.06. The molecular formula is C13H16BrN5S. The van der Waals surface area contributed by atoms with E-state index in [0.29, 0.717) is 12.1 Å². The van der Waals surface area contributed by atoms with Gasteiger partial charge in [0.2, 0.25) is 5.16 Å². The second-order valence-corrected chi connectivity index (χ2v) is 6.83. The van der Waals surface area contributed by atoms with Crippen molar-refractivity contribution in [2.45, 2.75) is 41.9 Å². The Morgan fingerprint density at radius 2 is 2.25 bits per heavy atom. The largest absolute Gasteiger partial charge is 0.313 e. The lowest BCUT2D eigenvalue weighted by Gasteiger charge is -2.13. The number of benzene rings is 1. The van der Waals surface area contributed by atoms with Gasteiger partial charge in [0.05, 0.1) is 6.04 Å². The Morgan fingerprint density at radius 3 is 2.90 bits per heavy atom. The average Bonchev–Trinajstić information content (AvgIpc) is 3.19. The molecule has 0 aliphatic heterocycles. The lowest BCUT2D eigenvalue weighted by Crippen LogP contribution is -2.12. The number of tetrazole rings is 1. The Morgan fingerprint density at radius 1 is 1.45 bits per heavy atom. The Balaban J connectivity index is 1.80. The van der Waals surface area contributed by atoms with E-state index >= 15 is 0 Å². The molecule has 0 bridgehead atoms. The molecule has 1 fully saturated rings. The summed E-state index contributed by atoms with van der Waals surface area (Å²) in [5.74, 6) is 0. The number of halogens is 1. The van der Waals surface area contributed by atoms with E-state index in [4.69, 9.17) is 0 Å². The number of nitrogens with one attached hydrogen (secondary N) is 1. The fourth-order valence-corrected chi connectivity index (χ4v) is 3.74. The summed E-state index contributed by atoms with van der Waals surface area (Å²) in [5, 5.41) is 16.1. The highest BCUT2D eigenvalue weighted by atomic mass is 79.9. The molecule has 3 rings (SSSR count). The molecule has 1 saturated carbocycles. The zero-order valence-corrected chi connectivity index (χ0v) is 13.8. The minimum Gasteiger partial charge on any atom is -0.313 e. The maximum Gasteiger partial charge on any atom is 0.214 e. The monoisotopic (exact) mass is 353 g/mol. The van der Waals surface area contributed by atoms with Crippen LogP contribution < -0.4 is 5.32 Å².